The van der Waals surface area contributed by atoms with Gasteiger partial charge in [-0.25, -0.2) is 8.42 Å². The maximum atomic E-state index is 13.6. The highest BCUT2D eigenvalue weighted by atomic mass is 35.5. The van der Waals surface area contributed by atoms with Crippen molar-refractivity contribution in [3.8, 4) is 0 Å². The molecule has 0 spiro atoms. The van der Waals surface area contributed by atoms with Crippen LogP contribution in [0.15, 0.2) is 71.8 Å². The summed E-state index contributed by atoms with van der Waals surface area (Å²) >= 11 is 12.3. The molecule has 0 N–H and O–H groups in total. The van der Waals surface area contributed by atoms with Crippen LogP contribution in [0.2, 0.25) is 10.0 Å². The number of hydrogen-bond acceptors (Lipinski definition) is 2. The monoisotopic (exact) mass is 476 g/mol. The van der Waals surface area contributed by atoms with E-state index in [4.69, 9.17) is 23.2 Å². The van der Waals surface area contributed by atoms with Crippen LogP contribution in [0.25, 0.3) is 0 Å². The van der Waals surface area contributed by atoms with Gasteiger partial charge in [0.2, 0.25) is 10.0 Å². The van der Waals surface area contributed by atoms with Crippen molar-refractivity contribution in [2.24, 2.45) is 0 Å². The van der Waals surface area contributed by atoms with E-state index in [2.05, 4.69) is 4.57 Å². The molecule has 7 heteroatoms. The topological polar surface area (TPSA) is 42.3 Å². The predicted molar refractivity (Wildman–Crippen MR) is 126 cm³/mol. The molecule has 1 saturated carbocycles. The summed E-state index contributed by atoms with van der Waals surface area (Å²) < 4.78 is 31.1. The van der Waals surface area contributed by atoms with Gasteiger partial charge in [-0.05, 0) is 60.9 Å². The zero-order valence-electron chi connectivity index (χ0n) is 17.3. The van der Waals surface area contributed by atoms with E-state index in [0.717, 1.165) is 43.4 Å². The molecule has 4 rings (SSSR count). The number of aromatic nitrogens is 1. The third-order valence-corrected chi connectivity index (χ3v) is 8.48. The van der Waals surface area contributed by atoms with Crippen molar-refractivity contribution in [3.63, 3.8) is 0 Å². The van der Waals surface area contributed by atoms with Crippen molar-refractivity contribution >= 4 is 33.2 Å². The fraction of sp³-hybridized carbons (Fsp3) is 0.333. The minimum absolute atomic E-state index is 0.00177. The van der Waals surface area contributed by atoms with Crippen LogP contribution in [-0.2, 0) is 23.1 Å². The number of nitrogens with zero attached hydrogens (tertiary/aromatic N) is 2. The lowest BCUT2D eigenvalue weighted by atomic mass is 9.95. The summed E-state index contributed by atoms with van der Waals surface area (Å²) in [6, 6.07) is 18.1. The highest BCUT2D eigenvalue weighted by Gasteiger charge is 2.33. The van der Waals surface area contributed by atoms with E-state index in [1.165, 1.54) is 0 Å². The maximum Gasteiger partial charge on any atom is 0.243 e. The first-order valence-corrected chi connectivity index (χ1v) is 12.8. The summed E-state index contributed by atoms with van der Waals surface area (Å²) in [4.78, 5) is 0.284. The molecule has 0 aliphatic heterocycles. The molecule has 1 aliphatic carbocycles. The Labute approximate surface area is 194 Å². The van der Waals surface area contributed by atoms with Gasteiger partial charge < -0.3 is 4.57 Å². The number of halogens is 2. The molecule has 1 aliphatic rings. The van der Waals surface area contributed by atoms with Crippen LogP contribution in [0.5, 0.6) is 0 Å². The number of sulfonamides is 1. The second kappa shape index (κ2) is 9.78. The van der Waals surface area contributed by atoms with Gasteiger partial charge in [0.1, 0.15) is 0 Å². The third kappa shape index (κ3) is 5.17. The van der Waals surface area contributed by atoms with Crippen LogP contribution in [0, 0.1) is 0 Å². The van der Waals surface area contributed by atoms with E-state index < -0.39 is 10.0 Å². The molecule has 2 aromatic carbocycles. The minimum Gasteiger partial charge on any atom is -0.346 e. The number of benzene rings is 2. The van der Waals surface area contributed by atoms with Crippen LogP contribution in [-0.4, -0.2) is 23.3 Å². The second-order valence-corrected chi connectivity index (χ2v) is 10.7. The van der Waals surface area contributed by atoms with Gasteiger partial charge in [-0.15, -0.1) is 0 Å². The van der Waals surface area contributed by atoms with E-state index in [1.807, 2.05) is 42.6 Å². The van der Waals surface area contributed by atoms with Crippen molar-refractivity contribution in [2.45, 2.75) is 56.1 Å². The molecule has 0 unspecified atom stereocenters. The van der Waals surface area contributed by atoms with Crippen LogP contribution in [0.4, 0.5) is 0 Å². The van der Waals surface area contributed by atoms with E-state index in [-0.39, 0.29) is 10.9 Å². The largest absolute Gasteiger partial charge is 0.346 e. The molecule has 0 saturated heterocycles. The van der Waals surface area contributed by atoms with Crippen LogP contribution >= 0.6 is 23.2 Å². The molecule has 0 bridgehead atoms. The number of hydrogen-bond donors (Lipinski definition) is 0. The molecular weight excluding hydrogens is 451 g/mol. The zero-order valence-corrected chi connectivity index (χ0v) is 19.6. The van der Waals surface area contributed by atoms with Gasteiger partial charge in [-0.1, -0.05) is 60.7 Å². The Hall–Kier alpha value is -1.79. The molecule has 3 aromatic rings. The van der Waals surface area contributed by atoms with Gasteiger partial charge in [0.15, 0.2) is 0 Å². The highest BCUT2D eigenvalue weighted by Crippen LogP contribution is 2.30. The average Bonchev–Trinajstić information content (AvgIpc) is 3.21. The molecule has 0 radical (unpaired) electrons. The SMILES string of the molecule is O=S(=O)(c1ccc(Cl)cc1)N(Cc1cccn1Cc1ccccc1Cl)C1CCCCC1. The normalized spacial score (nSPS) is 15.5. The van der Waals surface area contributed by atoms with Crippen molar-refractivity contribution in [2.75, 3.05) is 0 Å². The molecule has 0 atom stereocenters. The third-order valence-electron chi connectivity index (χ3n) is 5.94. The van der Waals surface area contributed by atoms with Crippen molar-refractivity contribution < 1.29 is 8.42 Å². The molecule has 1 heterocycles. The van der Waals surface area contributed by atoms with Crippen LogP contribution in [0.3, 0.4) is 0 Å². The van der Waals surface area contributed by atoms with E-state index >= 15 is 0 Å². The summed E-state index contributed by atoms with van der Waals surface area (Å²) in [6.45, 7) is 0.925. The molecule has 1 aromatic heterocycles. The Morgan fingerprint density at radius 3 is 2.32 bits per heavy atom. The molecule has 164 valence electrons. The van der Waals surface area contributed by atoms with Gasteiger partial charge in [-0.3, -0.25) is 0 Å². The van der Waals surface area contributed by atoms with E-state index in [9.17, 15) is 8.42 Å². The molecule has 31 heavy (non-hydrogen) atoms. The van der Waals surface area contributed by atoms with Crippen molar-refractivity contribution in [1.82, 2.24) is 8.87 Å². The summed E-state index contributed by atoms with van der Waals surface area (Å²) in [5.41, 5.74) is 1.95. The average molecular weight is 477 g/mol. The Morgan fingerprint density at radius 2 is 1.61 bits per heavy atom. The minimum atomic E-state index is -3.66. The van der Waals surface area contributed by atoms with Gasteiger partial charge in [0.25, 0.3) is 0 Å². The van der Waals surface area contributed by atoms with Crippen molar-refractivity contribution in [3.05, 3.63) is 88.2 Å². The van der Waals surface area contributed by atoms with Gasteiger partial charge >= 0.3 is 0 Å². The van der Waals surface area contributed by atoms with Crippen molar-refractivity contribution in [1.29, 1.82) is 0 Å². The first-order chi connectivity index (χ1) is 14.9. The quantitative estimate of drug-likeness (QED) is 0.397. The highest BCUT2D eigenvalue weighted by molar-refractivity contribution is 7.89. The lowest BCUT2D eigenvalue weighted by Crippen LogP contribution is -2.41. The summed E-state index contributed by atoms with van der Waals surface area (Å²) in [5.74, 6) is 0. The van der Waals surface area contributed by atoms with Gasteiger partial charge in [0.05, 0.1) is 11.4 Å². The van der Waals surface area contributed by atoms with E-state index in [0.29, 0.717) is 23.1 Å². The molecule has 4 nitrogen and oxygen atoms in total. The fourth-order valence-electron chi connectivity index (χ4n) is 4.24. The molecular formula is C24H26Cl2N2O2S. The lowest BCUT2D eigenvalue weighted by Gasteiger charge is -2.33. The lowest BCUT2D eigenvalue weighted by molar-refractivity contribution is 0.244. The summed E-state index contributed by atoms with van der Waals surface area (Å²) in [7, 11) is -3.66. The zero-order chi connectivity index (χ0) is 21.8. The first-order valence-electron chi connectivity index (χ1n) is 10.6. The number of rotatable bonds is 7. The van der Waals surface area contributed by atoms with Crippen LogP contribution in [0.1, 0.15) is 43.4 Å². The fourth-order valence-corrected chi connectivity index (χ4v) is 6.22. The van der Waals surface area contributed by atoms with E-state index in [1.54, 1.807) is 28.6 Å². The maximum absolute atomic E-state index is 13.6. The Bertz CT molecular complexity index is 1120. The molecule has 1 fully saturated rings. The second-order valence-electron chi connectivity index (χ2n) is 8.01. The standard InChI is InChI=1S/C24H26Cl2N2O2S/c25-20-12-14-23(15-13-20)31(29,30)28(21-8-2-1-3-9-21)18-22-10-6-16-27(22)17-19-7-4-5-11-24(19)26/h4-7,10-16,21H,1-3,8-9,17-18H2. The summed E-state index contributed by atoms with van der Waals surface area (Å²) in [5, 5.41) is 1.23. The van der Waals surface area contributed by atoms with Crippen LogP contribution < -0.4 is 0 Å². The first kappa shape index (κ1) is 22.4. The Morgan fingerprint density at radius 1 is 0.903 bits per heavy atom. The Kier molecular flexibility index (Phi) is 7.07. The predicted octanol–water partition coefficient (Wildman–Crippen LogP) is 6.37. The van der Waals surface area contributed by atoms with Gasteiger partial charge in [0, 0.05) is 34.5 Å². The Balaban J connectivity index is 1.65. The van der Waals surface area contributed by atoms with Gasteiger partial charge in [-0.2, -0.15) is 4.31 Å². The smallest absolute Gasteiger partial charge is 0.243 e. The summed E-state index contributed by atoms with van der Waals surface area (Å²) in [6.07, 6.45) is 7.02. The molecule has 0 amide bonds.